The number of nitrogens with one attached hydrogen (secondary N) is 1. The smallest absolute Gasteiger partial charge is 0.248 e. The van der Waals surface area contributed by atoms with Gasteiger partial charge in [-0.3, -0.25) is 9.59 Å². The number of ether oxygens (including phenoxy) is 1. The zero-order valence-electron chi connectivity index (χ0n) is 11.9. The summed E-state index contributed by atoms with van der Waals surface area (Å²) < 4.78 is 5.45. The van der Waals surface area contributed by atoms with Crippen molar-refractivity contribution in [3.8, 4) is 0 Å². The maximum absolute atomic E-state index is 12.4. The summed E-state index contributed by atoms with van der Waals surface area (Å²) in [5.74, 6) is -0.119. The van der Waals surface area contributed by atoms with Gasteiger partial charge in [0.1, 0.15) is 11.6 Å². The van der Waals surface area contributed by atoms with Crippen LogP contribution in [0, 0.1) is 0 Å². The van der Waals surface area contributed by atoms with Crippen LogP contribution in [-0.2, 0) is 14.3 Å². The van der Waals surface area contributed by atoms with E-state index in [9.17, 15) is 9.59 Å². The van der Waals surface area contributed by atoms with Crippen LogP contribution in [0.2, 0.25) is 0 Å². The average Bonchev–Trinajstić information content (AvgIpc) is 2.32. The fraction of sp³-hybridized carbons (Fsp3) is 0.846. The lowest BCUT2D eigenvalue weighted by molar-refractivity contribution is -0.155. The molecule has 0 aromatic heterocycles. The molecule has 1 aliphatic heterocycles. The Bertz CT molecular complexity index is 332. The summed E-state index contributed by atoms with van der Waals surface area (Å²) in [4.78, 5) is 26.0. The van der Waals surface area contributed by atoms with E-state index < -0.39 is 11.6 Å². The molecule has 3 unspecified atom stereocenters. The summed E-state index contributed by atoms with van der Waals surface area (Å²) in [5, 5.41) is 2.81. The van der Waals surface area contributed by atoms with Gasteiger partial charge >= 0.3 is 0 Å². The standard InChI is InChI=1S/C13H24N2O3/c1-6-13(5)12(17)15(8-9(3)18-7-2)10(4)11(16)14-13/h9-10H,6-8H2,1-5H3,(H,14,16). The lowest BCUT2D eigenvalue weighted by atomic mass is 9.92. The summed E-state index contributed by atoms with van der Waals surface area (Å²) >= 11 is 0. The van der Waals surface area contributed by atoms with E-state index in [2.05, 4.69) is 5.32 Å². The molecule has 5 heteroatoms. The van der Waals surface area contributed by atoms with E-state index in [1.807, 2.05) is 20.8 Å². The summed E-state index contributed by atoms with van der Waals surface area (Å²) in [6, 6.07) is -0.431. The molecule has 1 fully saturated rings. The zero-order valence-corrected chi connectivity index (χ0v) is 11.9. The number of amides is 2. The molecule has 2 amide bonds. The number of carbonyl (C=O) groups is 2. The van der Waals surface area contributed by atoms with E-state index in [4.69, 9.17) is 4.74 Å². The minimum Gasteiger partial charge on any atom is -0.377 e. The third-order valence-electron chi connectivity index (χ3n) is 3.59. The summed E-state index contributed by atoms with van der Waals surface area (Å²) in [6.45, 7) is 10.3. The van der Waals surface area contributed by atoms with Crippen molar-refractivity contribution >= 4 is 11.8 Å². The first kappa shape index (κ1) is 15.0. The number of hydrogen-bond acceptors (Lipinski definition) is 3. The number of nitrogens with zero attached hydrogens (tertiary/aromatic N) is 1. The van der Waals surface area contributed by atoms with Crippen LogP contribution in [0.3, 0.4) is 0 Å². The predicted molar refractivity (Wildman–Crippen MR) is 69.1 cm³/mol. The lowest BCUT2D eigenvalue weighted by Gasteiger charge is -2.43. The van der Waals surface area contributed by atoms with Gasteiger partial charge in [0, 0.05) is 13.2 Å². The molecular formula is C13H24N2O3. The van der Waals surface area contributed by atoms with Crippen molar-refractivity contribution in [2.75, 3.05) is 13.2 Å². The van der Waals surface area contributed by atoms with Gasteiger partial charge in [-0.2, -0.15) is 0 Å². The molecule has 5 nitrogen and oxygen atoms in total. The van der Waals surface area contributed by atoms with Crippen molar-refractivity contribution < 1.29 is 14.3 Å². The fourth-order valence-corrected chi connectivity index (χ4v) is 2.16. The van der Waals surface area contributed by atoms with Crippen LogP contribution in [0.4, 0.5) is 0 Å². The van der Waals surface area contributed by atoms with Crippen molar-refractivity contribution in [2.45, 2.75) is 58.7 Å². The van der Waals surface area contributed by atoms with Crippen molar-refractivity contribution in [1.82, 2.24) is 10.2 Å². The monoisotopic (exact) mass is 256 g/mol. The second kappa shape index (κ2) is 5.69. The maximum atomic E-state index is 12.4. The molecule has 1 saturated heterocycles. The molecule has 0 radical (unpaired) electrons. The summed E-state index contributed by atoms with van der Waals surface area (Å²) in [7, 11) is 0. The molecule has 0 aromatic carbocycles. The van der Waals surface area contributed by atoms with E-state index in [1.54, 1.807) is 18.7 Å². The van der Waals surface area contributed by atoms with E-state index in [0.717, 1.165) is 0 Å². The van der Waals surface area contributed by atoms with Crippen molar-refractivity contribution in [3.63, 3.8) is 0 Å². The summed E-state index contributed by atoms with van der Waals surface area (Å²) in [6.07, 6.45) is 0.525. The largest absolute Gasteiger partial charge is 0.377 e. The number of rotatable bonds is 5. The maximum Gasteiger partial charge on any atom is 0.248 e. The van der Waals surface area contributed by atoms with Crippen LogP contribution >= 0.6 is 0 Å². The highest BCUT2D eigenvalue weighted by molar-refractivity contribution is 5.99. The third kappa shape index (κ3) is 2.83. The topological polar surface area (TPSA) is 58.6 Å². The number of piperazine rings is 1. The van der Waals surface area contributed by atoms with E-state index >= 15 is 0 Å². The first-order valence-electron chi connectivity index (χ1n) is 6.60. The Morgan fingerprint density at radius 1 is 1.44 bits per heavy atom. The zero-order chi connectivity index (χ0) is 13.9. The van der Waals surface area contributed by atoms with Gasteiger partial charge in [-0.15, -0.1) is 0 Å². The second-order valence-electron chi connectivity index (χ2n) is 5.07. The first-order valence-corrected chi connectivity index (χ1v) is 6.60. The highest BCUT2D eigenvalue weighted by Gasteiger charge is 2.45. The van der Waals surface area contributed by atoms with Gasteiger partial charge in [-0.1, -0.05) is 6.92 Å². The van der Waals surface area contributed by atoms with E-state index in [0.29, 0.717) is 19.6 Å². The van der Waals surface area contributed by atoms with Crippen molar-refractivity contribution in [2.24, 2.45) is 0 Å². The van der Waals surface area contributed by atoms with Crippen molar-refractivity contribution in [3.05, 3.63) is 0 Å². The molecule has 0 aromatic rings. The Morgan fingerprint density at radius 2 is 2.06 bits per heavy atom. The van der Waals surface area contributed by atoms with Gasteiger partial charge < -0.3 is 15.0 Å². The highest BCUT2D eigenvalue weighted by atomic mass is 16.5. The van der Waals surface area contributed by atoms with E-state index in [-0.39, 0.29) is 17.9 Å². The molecule has 0 bridgehead atoms. The SMILES string of the molecule is CCOC(C)CN1C(=O)C(C)(CC)NC(=O)C1C. The third-order valence-corrected chi connectivity index (χ3v) is 3.59. The van der Waals surface area contributed by atoms with Crippen LogP contribution in [0.1, 0.15) is 41.0 Å². The molecule has 18 heavy (non-hydrogen) atoms. The lowest BCUT2D eigenvalue weighted by Crippen LogP contribution is -2.69. The van der Waals surface area contributed by atoms with Crippen molar-refractivity contribution in [1.29, 1.82) is 0 Å². The molecule has 1 heterocycles. The van der Waals surface area contributed by atoms with Crippen LogP contribution in [-0.4, -0.2) is 47.6 Å². The Morgan fingerprint density at radius 3 is 2.56 bits per heavy atom. The average molecular weight is 256 g/mol. The molecule has 104 valence electrons. The Kier molecular flexibility index (Phi) is 4.73. The molecule has 3 atom stereocenters. The van der Waals surface area contributed by atoms with Crippen LogP contribution in [0.15, 0.2) is 0 Å². The van der Waals surface area contributed by atoms with Crippen LogP contribution < -0.4 is 5.32 Å². The molecule has 1 rings (SSSR count). The Labute approximate surface area is 109 Å². The Balaban J connectivity index is 2.85. The van der Waals surface area contributed by atoms with Crippen LogP contribution in [0.25, 0.3) is 0 Å². The number of hydrogen-bond donors (Lipinski definition) is 1. The molecular weight excluding hydrogens is 232 g/mol. The minimum absolute atomic E-state index is 0.0244. The van der Waals surface area contributed by atoms with Gasteiger partial charge in [0.25, 0.3) is 0 Å². The normalized spacial score (nSPS) is 30.3. The minimum atomic E-state index is -0.782. The molecule has 0 aliphatic carbocycles. The highest BCUT2D eigenvalue weighted by Crippen LogP contribution is 2.21. The quantitative estimate of drug-likeness (QED) is 0.796. The Hall–Kier alpha value is -1.10. The second-order valence-corrected chi connectivity index (χ2v) is 5.07. The van der Waals surface area contributed by atoms with Gasteiger partial charge in [-0.05, 0) is 34.1 Å². The molecule has 1 aliphatic rings. The fourth-order valence-electron chi connectivity index (χ4n) is 2.16. The van der Waals surface area contributed by atoms with E-state index in [1.165, 1.54) is 0 Å². The van der Waals surface area contributed by atoms with Gasteiger partial charge in [-0.25, -0.2) is 0 Å². The first-order chi connectivity index (χ1) is 8.35. The molecule has 0 spiro atoms. The predicted octanol–water partition coefficient (Wildman–Crippen LogP) is 0.927. The molecule has 1 N–H and O–H groups in total. The van der Waals surface area contributed by atoms with Gasteiger partial charge in [0.15, 0.2) is 0 Å². The van der Waals surface area contributed by atoms with Gasteiger partial charge in [0.2, 0.25) is 11.8 Å². The molecule has 0 saturated carbocycles. The van der Waals surface area contributed by atoms with Crippen LogP contribution in [0.5, 0.6) is 0 Å². The summed E-state index contributed by atoms with van der Waals surface area (Å²) in [5.41, 5.74) is -0.782. The number of carbonyl (C=O) groups excluding carboxylic acids is 2. The van der Waals surface area contributed by atoms with Gasteiger partial charge in [0.05, 0.1) is 6.10 Å².